The Morgan fingerprint density at radius 1 is 1.32 bits per heavy atom. The molecule has 3 N–H and O–H groups in total. The minimum Gasteiger partial charge on any atom is -0.464 e. The highest BCUT2D eigenvalue weighted by Crippen LogP contribution is 2.21. The number of benzene rings is 1. The molecular weight excluding hydrogens is 367 g/mol. The summed E-state index contributed by atoms with van der Waals surface area (Å²) in [6, 6.07) is 4.15. The molecule has 0 aromatic heterocycles. The molecule has 1 aliphatic rings. The van der Waals surface area contributed by atoms with Crippen LogP contribution >= 0.6 is 23.2 Å². The first-order valence-corrected chi connectivity index (χ1v) is 8.96. The Hall–Kier alpha value is -1.34. The van der Waals surface area contributed by atoms with Gasteiger partial charge in [0.1, 0.15) is 12.1 Å². The molecule has 1 fully saturated rings. The quantitative estimate of drug-likeness (QED) is 0.697. The Morgan fingerprint density at radius 3 is 2.56 bits per heavy atom. The summed E-state index contributed by atoms with van der Waals surface area (Å²) in [6.07, 6.45) is 0.795. The number of hydrogen-bond donors (Lipinski definition) is 2. The summed E-state index contributed by atoms with van der Waals surface area (Å²) in [5, 5.41) is 3.63. The summed E-state index contributed by atoms with van der Waals surface area (Å²) in [5.74, 6) is -0.859. The van der Waals surface area contributed by atoms with Crippen LogP contribution in [0.15, 0.2) is 18.2 Å². The number of carbonyl (C=O) groups excluding carboxylic acids is 2. The van der Waals surface area contributed by atoms with E-state index in [0.29, 0.717) is 23.0 Å². The Balaban J connectivity index is 2.07. The van der Waals surface area contributed by atoms with Crippen LogP contribution in [0.3, 0.4) is 0 Å². The Kier molecular flexibility index (Phi) is 7.50. The monoisotopic (exact) mass is 388 g/mol. The molecule has 1 saturated heterocycles. The van der Waals surface area contributed by atoms with Gasteiger partial charge in [0.15, 0.2) is 0 Å². The topological polar surface area (TPSA) is 90.7 Å². The summed E-state index contributed by atoms with van der Waals surface area (Å²) >= 11 is 12.0. The van der Waals surface area contributed by atoms with Gasteiger partial charge < -0.3 is 20.5 Å². The number of hydrogen-bond acceptors (Lipinski definition) is 5. The predicted octanol–water partition coefficient (Wildman–Crippen LogP) is 2.09. The van der Waals surface area contributed by atoms with Gasteiger partial charge in [0, 0.05) is 23.0 Å². The van der Waals surface area contributed by atoms with Crippen molar-refractivity contribution in [3.05, 3.63) is 33.8 Å². The van der Waals surface area contributed by atoms with Gasteiger partial charge >= 0.3 is 5.97 Å². The van der Waals surface area contributed by atoms with Crippen molar-refractivity contribution >= 4 is 35.1 Å². The number of ether oxygens (including phenoxy) is 2. The largest absolute Gasteiger partial charge is 0.464 e. The molecule has 1 unspecified atom stereocenters. The van der Waals surface area contributed by atoms with Crippen molar-refractivity contribution in [1.82, 2.24) is 5.32 Å². The van der Waals surface area contributed by atoms with Gasteiger partial charge in [-0.25, -0.2) is 4.79 Å². The maximum Gasteiger partial charge on any atom is 0.328 e. The van der Waals surface area contributed by atoms with E-state index in [0.717, 1.165) is 12.0 Å². The summed E-state index contributed by atoms with van der Waals surface area (Å²) in [6.45, 7) is 2.29. The average molecular weight is 389 g/mol. The number of nitrogens with one attached hydrogen (secondary N) is 1. The molecule has 0 radical (unpaired) electrons. The van der Waals surface area contributed by atoms with Gasteiger partial charge in [0.05, 0.1) is 12.7 Å². The highest BCUT2D eigenvalue weighted by atomic mass is 35.5. The van der Waals surface area contributed by atoms with Gasteiger partial charge in [0.25, 0.3) is 0 Å². The zero-order chi connectivity index (χ0) is 18.4. The van der Waals surface area contributed by atoms with E-state index in [1.807, 2.05) is 0 Å². The van der Waals surface area contributed by atoms with Crippen molar-refractivity contribution in [2.45, 2.75) is 44.4 Å². The molecule has 0 saturated carbocycles. The smallest absolute Gasteiger partial charge is 0.328 e. The van der Waals surface area contributed by atoms with Crippen molar-refractivity contribution in [3.8, 4) is 0 Å². The molecule has 2 rings (SSSR count). The lowest BCUT2D eigenvalue weighted by molar-refractivity contribution is -0.148. The molecule has 1 amide bonds. The van der Waals surface area contributed by atoms with E-state index in [-0.39, 0.29) is 25.0 Å². The molecule has 138 valence electrons. The zero-order valence-corrected chi connectivity index (χ0v) is 15.5. The van der Waals surface area contributed by atoms with Crippen LogP contribution in [-0.4, -0.2) is 43.3 Å². The van der Waals surface area contributed by atoms with Gasteiger partial charge in [-0.15, -0.1) is 0 Å². The highest BCUT2D eigenvalue weighted by Gasteiger charge is 2.32. The van der Waals surface area contributed by atoms with Crippen LogP contribution in [0.2, 0.25) is 10.0 Å². The van der Waals surface area contributed by atoms with Crippen molar-refractivity contribution in [1.29, 1.82) is 0 Å². The van der Waals surface area contributed by atoms with Gasteiger partial charge in [0.2, 0.25) is 5.91 Å². The second kappa shape index (κ2) is 9.38. The SMILES string of the molecule is CCOC(=O)C(Cc1cc(Cl)cc(Cl)c1)NC(=O)[C@@H]1CC[C@H](CN)O1. The molecule has 1 aromatic carbocycles. The highest BCUT2D eigenvalue weighted by molar-refractivity contribution is 6.34. The number of carbonyl (C=O) groups is 2. The maximum atomic E-state index is 12.4. The Labute approximate surface area is 156 Å². The van der Waals surface area contributed by atoms with Crippen LogP contribution in [0.4, 0.5) is 0 Å². The summed E-state index contributed by atoms with van der Waals surface area (Å²) < 4.78 is 10.6. The lowest BCUT2D eigenvalue weighted by Crippen LogP contribution is -2.47. The summed E-state index contributed by atoms with van der Waals surface area (Å²) in [4.78, 5) is 24.6. The van der Waals surface area contributed by atoms with Crippen LogP contribution in [0.25, 0.3) is 0 Å². The van der Waals surface area contributed by atoms with Gasteiger partial charge in [-0.05, 0) is 43.5 Å². The third-order valence-corrected chi connectivity index (χ3v) is 4.35. The van der Waals surface area contributed by atoms with E-state index >= 15 is 0 Å². The molecular formula is C17H22Cl2N2O4. The second-order valence-corrected chi connectivity index (χ2v) is 6.73. The Morgan fingerprint density at radius 2 is 2.00 bits per heavy atom. The Bertz CT molecular complexity index is 606. The van der Waals surface area contributed by atoms with Crippen molar-refractivity contribution in [2.24, 2.45) is 5.73 Å². The van der Waals surface area contributed by atoms with E-state index < -0.39 is 18.1 Å². The van der Waals surface area contributed by atoms with E-state index in [4.69, 9.17) is 38.4 Å². The van der Waals surface area contributed by atoms with E-state index in [2.05, 4.69) is 5.32 Å². The van der Waals surface area contributed by atoms with E-state index in [9.17, 15) is 9.59 Å². The fourth-order valence-corrected chi connectivity index (χ4v) is 3.31. The third-order valence-electron chi connectivity index (χ3n) is 3.91. The molecule has 0 spiro atoms. The molecule has 25 heavy (non-hydrogen) atoms. The fraction of sp³-hybridized carbons (Fsp3) is 0.529. The van der Waals surface area contributed by atoms with Crippen LogP contribution in [0.1, 0.15) is 25.3 Å². The number of rotatable bonds is 7. The first-order valence-electron chi connectivity index (χ1n) is 8.20. The van der Waals surface area contributed by atoms with Gasteiger partial charge in [-0.3, -0.25) is 4.79 Å². The van der Waals surface area contributed by atoms with E-state index in [1.54, 1.807) is 25.1 Å². The van der Waals surface area contributed by atoms with Gasteiger partial charge in [-0.1, -0.05) is 23.2 Å². The molecule has 8 heteroatoms. The molecule has 3 atom stereocenters. The van der Waals surface area contributed by atoms with Gasteiger partial charge in [-0.2, -0.15) is 0 Å². The van der Waals surface area contributed by atoms with Crippen LogP contribution in [-0.2, 0) is 25.5 Å². The summed E-state index contributed by atoms with van der Waals surface area (Å²) in [7, 11) is 0. The number of halogens is 2. The number of esters is 1. The minimum atomic E-state index is -0.845. The van der Waals surface area contributed by atoms with E-state index in [1.165, 1.54) is 0 Å². The second-order valence-electron chi connectivity index (χ2n) is 5.85. The zero-order valence-electron chi connectivity index (χ0n) is 14.0. The van der Waals surface area contributed by atoms with Crippen LogP contribution < -0.4 is 11.1 Å². The predicted molar refractivity (Wildman–Crippen MR) is 95.7 cm³/mol. The number of nitrogens with two attached hydrogens (primary N) is 1. The molecule has 1 aliphatic heterocycles. The normalized spacial score (nSPS) is 21.0. The molecule has 1 aromatic rings. The molecule has 6 nitrogen and oxygen atoms in total. The van der Waals surface area contributed by atoms with Crippen molar-refractivity contribution in [2.75, 3.05) is 13.2 Å². The molecule has 0 aliphatic carbocycles. The fourth-order valence-electron chi connectivity index (χ4n) is 2.74. The lowest BCUT2D eigenvalue weighted by atomic mass is 10.1. The maximum absolute atomic E-state index is 12.4. The third kappa shape index (κ3) is 5.85. The van der Waals surface area contributed by atoms with Crippen molar-refractivity contribution in [3.63, 3.8) is 0 Å². The summed E-state index contributed by atoms with van der Waals surface area (Å²) in [5.41, 5.74) is 6.28. The standard InChI is InChI=1S/C17H22Cl2N2O4/c1-2-24-17(23)14(7-10-5-11(18)8-12(19)6-10)21-16(22)15-4-3-13(9-20)25-15/h5-6,8,13-15H,2-4,7,9,20H2,1H3,(H,21,22)/t13-,14?,15+/m1/s1. The molecule has 0 bridgehead atoms. The first-order chi connectivity index (χ1) is 11.9. The number of amides is 1. The lowest BCUT2D eigenvalue weighted by Gasteiger charge is -2.20. The van der Waals surface area contributed by atoms with Crippen LogP contribution in [0.5, 0.6) is 0 Å². The van der Waals surface area contributed by atoms with Crippen LogP contribution in [0, 0.1) is 0 Å². The first kappa shape index (κ1) is 20.0. The van der Waals surface area contributed by atoms with Crippen molar-refractivity contribution < 1.29 is 19.1 Å². The average Bonchev–Trinajstić information content (AvgIpc) is 3.02. The molecule has 1 heterocycles. The minimum absolute atomic E-state index is 0.122.